The van der Waals surface area contributed by atoms with Gasteiger partial charge in [-0.05, 0) is 36.6 Å². The fraction of sp³-hybridized carbons (Fsp3) is 0.308. The quantitative estimate of drug-likeness (QED) is 0.847. The van der Waals surface area contributed by atoms with Crippen LogP contribution in [-0.4, -0.2) is 38.7 Å². The third kappa shape index (κ3) is 4.20. The van der Waals surface area contributed by atoms with Crippen molar-refractivity contribution in [1.82, 2.24) is 14.8 Å². The average molecular weight is 326 g/mol. The molecule has 0 bridgehead atoms. The molecule has 0 fully saturated rings. The molecule has 0 aliphatic heterocycles. The number of nitrogens with two attached hydrogens (primary N) is 1. The first-order valence-corrected chi connectivity index (χ1v) is 8.09. The molecule has 1 heterocycles. The van der Waals surface area contributed by atoms with E-state index in [2.05, 4.69) is 15.4 Å². The van der Waals surface area contributed by atoms with E-state index in [1.54, 1.807) is 41.0 Å². The number of benzene rings is 1. The lowest BCUT2D eigenvalue weighted by molar-refractivity contribution is -0.117. The minimum Gasteiger partial charge on any atom is -0.323 e. The third-order valence-corrected chi connectivity index (χ3v) is 3.73. The second-order valence-corrected chi connectivity index (χ2v) is 5.80. The van der Waals surface area contributed by atoms with Gasteiger partial charge in [-0.25, -0.2) is 9.67 Å². The van der Waals surface area contributed by atoms with Crippen LogP contribution < -0.4 is 11.1 Å². The predicted octanol–water partition coefficient (Wildman–Crippen LogP) is 1.94. The number of thioether (sulfide) groups is 1. The minimum absolute atomic E-state index is 0.243. The lowest BCUT2D eigenvalue weighted by Gasteiger charge is -2.14. The number of nitrogens with one attached hydrogen (secondary N) is 1. The van der Waals surface area contributed by atoms with Gasteiger partial charge in [0.2, 0.25) is 5.91 Å². The van der Waals surface area contributed by atoms with E-state index < -0.39 is 6.04 Å². The standard InChI is InChI=1S/C13H16ClN5OS/c1-21-5-4-10(15)13(20)18-11-6-9(14)2-3-12(11)19-8-16-7-17-19/h2-3,6-8,10H,4-5,15H2,1H3,(H,18,20)/t10-/m1/s1. The molecule has 1 amide bonds. The maximum absolute atomic E-state index is 12.1. The molecule has 1 aromatic carbocycles. The third-order valence-electron chi connectivity index (χ3n) is 2.85. The first kappa shape index (κ1) is 15.8. The van der Waals surface area contributed by atoms with Crippen molar-refractivity contribution in [1.29, 1.82) is 0 Å². The molecule has 21 heavy (non-hydrogen) atoms. The van der Waals surface area contributed by atoms with Crippen LogP contribution in [0.2, 0.25) is 5.02 Å². The molecular weight excluding hydrogens is 310 g/mol. The van der Waals surface area contributed by atoms with E-state index in [0.29, 0.717) is 22.8 Å². The van der Waals surface area contributed by atoms with Gasteiger partial charge in [0.15, 0.2) is 0 Å². The number of nitrogens with zero attached hydrogens (tertiary/aromatic N) is 3. The summed E-state index contributed by atoms with van der Waals surface area (Å²) in [5, 5.41) is 7.38. The van der Waals surface area contributed by atoms with Crippen molar-refractivity contribution in [2.24, 2.45) is 5.73 Å². The molecule has 0 unspecified atom stereocenters. The average Bonchev–Trinajstić information content (AvgIpc) is 2.98. The maximum Gasteiger partial charge on any atom is 0.241 e. The highest BCUT2D eigenvalue weighted by Gasteiger charge is 2.16. The molecular formula is C13H16ClN5OS. The lowest BCUT2D eigenvalue weighted by Crippen LogP contribution is -2.36. The summed E-state index contributed by atoms with van der Waals surface area (Å²) >= 11 is 7.65. The Bertz CT molecular complexity index is 605. The Labute approximate surface area is 132 Å². The van der Waals surface area contributed by atoms with Crippen LogP contribution in [0, 0.1) is 0 Å². The molecule has 1 atom stereocenters. The summed E-state index contributed by atoms with van der Waals surface area (Å²) in [6, 6.07) is 4.60. The Morgan fingerprint density at radius 3 is 3.05 bits per heavy atom. The molecule has 1 aromatic heterocycles. The van der Waals surface area contributed by atoms with Crippen LogP contribution in [0.15, 0.2) is 30.9 Å². The van der Waals surface area contributed by atoms with Crippen LogP contribution in [0.5, 0.6) is 0 Å². The van der Waals surface area contributed by atoms with Crippen molar-refractivity contribution in [3.8, 4) is 5.69 Å². The van der Waals surface area contributed by atoms with Crippen molar-refractivity contribution in [2.75, 3.05) is 17.3 Å². The zero-order valence-electron chi connectivity index (χ0n) is 11.5. The fourth-order valence-electron chi connectivity index (χ4n) is 1.74. The van der Waals surface area contributed by atoms with E-state index in [9.17, 15) is 4.79 Å². The topological polar surface area (TPSA) is 85.8 Å². The number of aromatic nitrogens is 3. The molecule has 6 nitrogen and oxygen atoms in total. The fourth-order valence-corrected chi connectivity index (χ4v) is 2.40. The molecule has 0 spiro atoms. The normalized spacial score (nSPS) is 12.1. The summed E-state index contributed by atoms with van der Waals surface area (Å²) in [6.07, 6.45) is 5.56. The molecule has 0 aliphatic rings. The van der Waals surface area contributed by atoms with E-state index in [1.807, 2.05) is 6.26 Å². The van der Waals surface area contributed by atoms with Gasteiger partial charge in [0.1, 0.15) is 12.7 Å². The monoisotopic (exact) mass is 325 g/mol. The van der Waals surface area contributed by atoms with Gasteiger partial charge in [-0.1, -0.05) is 11.6 Å². The Balaban J connectivity index is 2.19. The molecule has 3 N–H and O–H groups in total. The zero-order valence-corrected chi connectivity index (χ0v) is 13.1. The number of carbonyl (C=O) groups is 1. The molecule has 0 radical (unpaired) electrons. The van der Waals surface area contributed by atoms with Gasteiger partial charge in [0, 0.05) is 5.02 Å². The highest BCUT2D eigenvalue weighted by Crippen LogP contribution is 2.24. The summed E-state index contributed by atoms with van der Waals surface area (Å²) in [7, 11) is 0. The van der Waals surface area contributed by atoms with Crippen molar-refractivity contribution in [3.63, 3.8) is 0 Å². The van der Waals surface area contributed by atoms with Crippen LogP contribution in [0.25, 0.3) is 5.69 Å². The smallest absolute Gasteiger partial charge is 0.241 e. The highest BCUT2D eigenvalue weighted by atomic mass is 35.5. The van der Waals surface area contributed by atoms with Gasteiger partial charge in [0.25, 0.3) is 0 Å². The van der Waals surface area contributed by atoms with Crippen molar-refractivity contribution in [2.45, 2.75) is 12.5 Å². The summed E-state index contributed by atoms with van der Waals surface area (Å²) in [4.78, 5) is 16.0. The highest BCUT2D eigenvalue weighted by molar-refractivity contribution is 7.98. The van der Waals surface area contributed by atoms with Gasteiger partial charge < -0.3 is 11.1 Å². The van der Waals surface area contributed by atoms with Crippen LogP contribution >= 0.6 is 23.4 Å². The van der Waals surface area contributed by atoms with Gasteiger partial charge in [-0.2, -0.15) is 16.9 Å². The van der Waals surface area contributed by atoms with Gasteiger partial charge in [0.05, 0.1) is 17.4 Å². The van der Waals surface area contributed by atoms with E-state index in [1.165, 1.54) is 6.33 Å². The van der Waals surface area contributed by atoms with Gasteiger partial charge in [-0.3, -0.25) is 4.79 Å². The predicted molar refractivity (Wildman–Crippen MR) is 86.0 cm³/mol. The zero-order chi connectivity index (χ0) is 15.2. The largest absolute Gasteiger partial charge is 0.323 e. The van der Waals surface area contributed by atoms with Crippen LogP contribution in [0.4, 0.5) is 5.69 Å². The molecule has 112 valence electrons. The Kier molecular flexibility index (Phi) is 5.60. The number of hydrogen-bond donors (Lipinski definition) is 2. The van der Waals surface area contributed by atoms with Crippen molar-refractivity contribution in [3.05, 3.63) is 35.9 Å². The Morgan fingerprint density at radius 1 is 1.57 bits per heavy atom. The van der Waals surface area contributed by atoms with Crippen molar-refractivity contribution < 1.29 is 4.79 Å². The number of amides is 1. The molecule has 2 rings (SSSR count). The number of hydrogen-bond acceptors (Lipinski definition) is 5. The summed E-state index contributed by atoms with van der Waals surface area (Å²) in [5.41, 5.74) is 7.10. The number of halogens is 1. The summed E-state index contributed by atoms with van der Waals surface area (Å²) in [5.74, 6) is 0.591. The van der Waals surface area contributed by atoms with E-state index >= 15 is 0 Å². The molecule has 0 saturated carbocycles. The molecule has 0 aliphatic carbocycles. The molecule has 2 aromatic rings. The van der Waals surface area contributed by atoms with E-state index in [4.69, 9.17) is 17.3 Å². The second kappa shape index (κ2) is 7.44. The molecule has 0 saturated heterocycles. The van der Waals surface area contributed by atoms with Gasteiger partial charge >= 0.3 is 0 Å². The number of anilines is 1. The van der Waals surface area contributed by atoms with Gasteiger partial charge in [-0.15, -0.1) is 0 Å². The number of carbonyl (C=O) groups excluding carboxylic acids is 1. The minimum atomic E-state index is -0.556. The number of rotatable bonds is 6. The van der Waals surface area contributed by atoms with E-state index in [-0.39, 0.29) is 5.91 Å². The molecule has 8 heteroatoms. The van der Waals surface area contributed by atoms with E-state index in [0.717, 1.165) is 5.75 Å². The SMILES string of the molecule is CSCC[C@@H](N)C(=O)Nc1cc(Cl)ccc1-n1cncn1. The summed E-state index contributed by atoms with van der Waals surface area (Å²) in [6.45, 7) is 0. The van der Waals surface area contributed by atoms with Crippen LogP contribution in [0.1, 0.15) is 6.42 Å². The lowest BCUT2D eigenvalue weighted by atomic mass is 10.2. The first-order valence-electron chi connectivity index (χ1n) is 6.31. The summed E-state index contributed by atoms with van der Waals surface area (Å²) < 4.78 is 1.55. The maximum atomic E-state index is 12.1. The van der Waals surface area contributed by atoms with Crippen molar-refractivity contribution >= 4 is 35.0 Å². The second-order valence-electron chi connectivity index (χ2n) is 4.38. The Hall–Kier alpha value is -1.57. The van der Waals surface area contributed by atoms with Crippen LogP contribution in [-0.2, 0) is 4.79 Å². The Morgan fingerprint density at radius 2 is 2.38 bits per heavy atom. The van der Waals surface area contributed by atoms with Crippen LogP contribution in [0.3, 0.4) is 0 Å². The first-order chi connectivity index (χ1) is 10.1.